The predicted octanol–water partition coefficient (Wildman–Crippen LogP) is 0.835. The number of hydrogen-bond donors (Lipinski definition) is 1. The summed E-state index contributed by atoms with van der Waals surface area (Å²) < 4.78 is 0. The van der Waals surface area contributed by atoms with Gasteiger partial charge in [0.25, 0.3) is 0 Å². The topological polar surface area (TPSA) is 24.4 Å². The third-order valence-corrected chi connectivity index (χ3v) is 0.697. The van der Waals surface area contributed by atoms with Crippen LogP contribution in [0.25, 0.3) is 0 Å². The van der Waals surface area contributed by atoms with Crippen LogP contribution in [0.4, 0.5) is 0 Å². The van der Waals surface area contributed by atoms with E-state index < -0.39 is 0 Å². The second kappa shape index (κ2) is 8.31. The fourth-order valence-electron chi connectivity index (χ4n) is 0.196. The van der Waals surface area contributed by atoms with Crippen molar-refractivity contribution in [3.8, 4) is 0 Å². The average molecular weight is 199 g/mol. The molecule has 0 aromatic carbocycles. The molecule has 0 spiro atoms. The van der Waals surface area contributed by atoms with Crippen LogP contribution in [0.2, 0.25) is 0 Å². The van der Waals surface area contributed by atoms with E-state index in [0.717, 1.165) is 5.70 Å². The van der Waals surface area contributed by atoms with Crippen molar-refractivity contribution in [3.63, 3.8) is 0 Å². The largest absolute Gasteiger partial charge is 0.583 e. The van der Waals surface area contributed by atoms with Gasteiger partial charge >= 0.3 is 0 Å². The summed E-state index contributed by atoms with van der Waals surface area (Å²) in [6.45, 7) is 3.68. The molecule has 0 heterocycles. The van der Waals surface area contributed by atoms with E-state index in [-0.39, 0.29) is 32.7 Å². The first-order valence-corrected chi connectivity index (χ1v) is 2.45. The first-order valence-electron chi connectivity index (χ1n) is 2.45. The third kappa shape index (κ3) is 8.31. The molecule has 2 nitrogen and oxygen atoms in total. The van der Waals surface area contributed by atoms with Gasteiger partial charge in [0.05, 0.1) is 0 Å². The average Bonchev–Trinajstić information content (AvgIpc) is 1.83. The normalized spacial score (nSPS) is 11.2. The summed E-state index contributed by atoms with van der Waals surface area (Å²) in [5, 5.41) is 2.66. The molecule has 9 heavy (non-hydrogen) atoms. The van der Waals surface area contributed by atoms with E-state index in [9.17, 15) is 0 Å². The molecule has 0 atom stereocenters. The van der Waals surface area contributed by atoms with Gasteiger partial charge in [0.15, 0.2) is 0 Å². The summed E-state index contributed by atoms with van der Waals surface area (Å²) >= 11 is 0. The van der Waals surface area contributed by atoms with Crippen LogP contribution in [-0.4, -0.2) is 13.4 Å². The quantitative estimate of drug-likeness (QED) is 0.303. The fourth-order valence-corrected chi connectivity index (χ4v) is 0.196. The van der Waals surface area contributed by atoms with Crippen LogP contribution in [0.15, 0.2) is 10.7 Å². The van der Waals surface area contributed by atoms with Crippen LogP contribution < -0.4 is 5.32 Å². The number of aliphatic imine (C=N–C) groups is 1. The van der Waals surface area contributed by atoms with E-state index in [1.54, 1.807) is 7.05 Å². The van der Waals surface area contributed by atoms with Gasteiger partial charge in [0, 0.05) is 32.7 Å². The van der Waals surface area contributed by atoms with Gasteiger partial charge in [-0.25, -0.2) is 6.92 Å². The molecule has 0 aromatic rings. The maximum absolute atomic E-state index is 3.81. The Kier molecular flexibility index (Phi) is 11.1. The van der Waals surface area contributed by atoms with Crippen LogP contribution in [-0.2, 0) is 32.7 Å². The molecule has 3 heteroatoms. The van der Waals surface area contributed by atoms with Gasteiger partial charge in [-0.15, -0.1) is 6.92 Å². The molecule has 1 radical (unpaired) electrons. The summed E-state index contributed by atoms with van der Waals surface area (Å²) in [6.07, 6.45) is 5.42. The Bertz CT molecular complexity index is 108. The van der Waals surface area contributed by atoms with E-state index in [0.29, 0.717) is 0 Å². The molecule has 49 valence electrons. The second-order valence-corrected chi connectivity index (χ2v) is 1.31. The monoisotopic (exact) mass is 199 g/mol. The molecule has 0 unspecified atom stereocenters. The summed E-state index contributed by atoms with van der Waals surface area (Å²) in [6, 6.07) is 0. The maximum Gasteiger partial charge on any atom is 0 e. The van der Waals surface area contributed by atoms with Gasteiger partial charge < -0.3 is 22.1 Å². The SMILES string of the molecule is C[C-]=C(C)N=[C-]NC.[Y]. The van der Waals surface area contributed by atoms with E-state index in [4.69, 9.17) is 0 Å². The zero-order valence-electron chi connectivity index (χ0n) is 6.02. The smallest absolute Gasteiger partial charge is 0 e. The van der Waals surface area contributed by atoms with Crippen molar-refractivity contribution < 1.29 is 32.7 Å². The van der Waals surface area contributed by atoms with Crippen LogP contribution in [0.5, 0.6) is 0 Å². The Morgan fingerprint density at radius 1 is 1.56 bits per heavy atom. The van der Waals surface area contributed by atoms with Gasteiger partial charge in [0.2, 0.25) is 0 Å². The number of nitrogens with zero attached hydrogens (tertiary/aromatic N) is 1. The molecule has 0 saturated heterocycles. The summed E-state index contributed by atoms with van der Waals surface area (Å²) in [5.74, 6) is 0. The minimum atomic E-state index is 0. The van der Waals surface area contributed by atoms with Crippen molar-refractivity contribution in [2.45, 2.75) is 13.8 Å². The van der Waals surface area contributed by atoms with E-state index in [1.807, 2.05) is 13.8 Å². The molecule has 0 aliphatic rings. The number of rotatable bonds is 2. The molecule has 0 aliphatic heterocycles. The zero-order valence-corrected chi connectivity index (χ0v) is 8.86. The van der Waals surface area contributed by atoms with Crippen molar-refractivity contribution in [1.29, 1.82) is 0 Å². The number of nitrogens with one attached hydrogen (secondary N) is 1. The fraction of sp³-hybridized carbons (Fsp3) is 0.500. The molecule has 1 N–H and O–H groups in total. The van der Waals surface area contributed by atoms with Crippen LogP contribution in [0.1, 0.15) is 13.8 Å². The predicted molar refractivity (Wildman–Crippen MR) is 34.6 cm³/mol. The Morgan fingerprint density at radius 2 is 2.11 bits per heavy atom. The Labute approximate surface area is 81.7 Å². The van der Waals surface area contributed by atoms with Crippen LogP contribution in [0, 0.1) is 6.08 Å². The summed E-state index contributed by atoms with van der Waals surface area (Å²) in [5.41, 5.74) is 0.847. The van der Waals surface area contributed by atoms with Crippen molar-refractivity contribution in [3.05, 3.63) is 11.8 Å². The Balaban J connectivity index is 0. The van der Waals surface area contributed by atoms with Crippen molar-refractivity contribution in [2.24, 2.45) is 4.99 Å². The number of allylic oxidation sites excluding steroid dienone is 2. The van der Waals surface area contributed by atoms with E-state index in [1.165, 1.54) is 0 Å². The van der Waals surface area contributed by atoms with Gasteiger partial charge in [-0.05, 0) is 7.05 Å². The van der Waals surface area contributed by atoms with Crippen LogP contribution >= 0.6 is 0 Å². The Morgan fingerprint density at radius 3 is 2.44 bits per heavy atom. The molecule has 0 saturated carbocycles. The molecule has 0 aromatic heterocycles. The van der Waals surface area contributed by atoms with E-state index in [2.05, 4.69) is 22.7 Å². The van der Waals surface area contributed by atoms with Gasteiger partial charge in [-0.3, -0.25) is 0 Å². The van der Waals surface area contributed by atoms with Gasteiger partial charge in [-0.2, -0.15) is 0 Å². The number of hydrogen-bond acceptors (Lipinski definition) is 1. The van der Waals surface area contributed by atoms with Gasteiger partial charge in [0.1, 0.15) is 0 Å². The Hall–Kier alpha value is 0.314. The first kappa shape index (κ1) is 12.0. The molecule has 0 fully saturated rings. The minimum absolute atomic E-state index is 0. The van der Waals surface area contributed by atoms with E-state index >= 15 is 0 Å². The third-order valence-electron chi connectivity index (χ3n) is 0.697. The summed E-state index contributed by atoms with van der Waals surface area (Å²) in [4.78, 5) is 3.81. The second-order valence-electron chi connectivity index (χ2n) is 1.31. The van der Waals surface area contributed by atoms with Crippen molar-refractivity contribution in [2.75, 3.05) is 7.05 Å². The molecular formula is C6H10N2Y-2. The van der Waals surface area contributed by atoms with Crippen LogP contribution in [0.3, 0.4) is 0 Å². The van der Waals surface area contributed by atoms with Crippen molar-refractivity contribution >= 4 is 6.34 Å². The minimum Gasteiger partial charge on any atom is -0.583 e. The summed E-state index contributed by atoms with van der Waals surface area (Å²) in [7, 11) is 1.76. The molecule has 0 rings (SSSR count). The zero-order chi connectivity index (χ0) is 6.41. The van der Waals surface area contributed by atoms with Gasteiger partial charge in [-0.1, -0.05) is 6.34 Å². The molecule has 0 amide bonds. The first-order chi connectivity index (χ1) is 3.81. The molecule has 0 aliphatic carbocycles. The van der Waals surface area contributed by atoms with Crippen molar-refractivity contribution in [1.82, 2.24) is 5.32 Å². The maximum atomic E-state index is 3.81. The standard InChI is InChI=1S/C6H10N2.Y/c1-4-6(2)8-5-7-3;/h1-3H3,(H,7,8);/q-2;. The molecular weight excluding hydrogens is 189 g/mol. The molecule has 0 bridgehead atoms.